The number of hydrogen-bond donors (Lipinski definition) is 2. The van der Waals surface area contributed by atoms with E-state index in [0.717, 1.165) is 32.2 Å². The number of phenols is 1. The number of aromatic hydroxyl groups is 1. The summed E-state index contributed by atoms with van der Waals surface area (Å²) in [6.45, 7) is 2.15. The number of halogens is 1. The molecular weight excluding hydrogens is 477 g/mol. The van der Waals surface area contributed by atoms with Crippen molar-refractivity contribution in [3.05, 3.63) is 75.4 Å². The van der Waals surface area contributed by atoms with E-state index in [0.29, 0.717) is 0 Å². The van der Waals surface area contributed by atoms with Crippen LogP contribution >= 0.6 is 22.6 Å². The Hall–Kier alpha value is -2.80. The van der Waals surface area contributed by atoms with E-state index in [-0.39, 0.29) is 11.3 Å². The van der Waals surface area contributed by atoms with Gasteiger partial charge in [0, 0.05) is 22.1 Å². The van der Waals surface area contributed by atoms with Crippen LogP contribution < -0.4 is 0 Å². The number of aromatic carboxylic acids is 1. The fourth-order valence-electron chi connectivity index (χ4n) is 3.85. The third-order valence-corrected chi connectivity index (χ3v) is 6.42. The molecule has 0 radical (unpaired) electrons. The average Bonchev–Trinajstić information content (AvgIpc) is 2.97. The van der Waals surface area contributed by atoms with E-state index in [1.807, 2.05) is 29.8 Å². The van der Waals surface area contributed by atoms with Gasteiger partial charge in [-0.05, 0) is 63.4 Å². The van der Waals surface area contributed by atoms with Gasteiger partial charge in [-0.25, -0.2) is 4.79 Å². The van der Waals surface area contributed by atoms with Crippen molar-refractivity contribution in [1.82, 2.24) is 4.57 Å². The number of carboxylic acids is 1. The van der Waals surface area contributed by atoms with E-state index in [1.54, 1.807) is 6.07 Å². The van der Waals surface area contributed by atoms with Gasteiger partial charge in [0.15, 0.2) is 0 Å². The highest BCUT2D eigenvalue weighted by Crippen LogP contribution is 2.38. The van der Waals surface area contributed by atoms with Crippen molar-refractivity contribution in [1.29, 1.82) is 0 Å². The van der Waals surface area contributed by atoms with Crippen LogP contribution in [0.4, 0.5) is 0 Å². The first kappa shape index (κ1) is 19.5. The van der Waals surface area contributed by atoms with Crippen molar-refractivity contribution in [3.63, 3.8) is 0 Å². The number of fused-ring (bicyclic) bond motifs is 1. The summed E-state index contributed by atoms with van der Waals surface area (Å²) in [6.07, 6.45) is 0.905. The van der Waals surface area contributed by atoms with Crippen LogP contribution in [0, 0.1) is 3.57 Å². The molecule has 0 bridgehead atoms. The maximum Gasteiger partial charge on any atom is 0.339 e. The Bertz CT molecular complexity index is 1240. The second-order valence-corrected chi connectivity index (χ2v) is 8.08. The summed E-state index contributed by atoms with van der Waals surface area (Å²) in [6, 6.07) is 19.9. The maximum absolute atomic E-state index is 11.4. The molecule has 0 fully saturated rings. The molecule has 0 atom stereocenters. The van der Waals surface area contributed by atoms with Crippen LogP contribution in [0.3, 0.4) is 0 Å². The zero-order chi connectivity index (χ0) is 20.7. The molecule has 2 N–H and O–H groups in total. The molecule has 29 heavy (non-hydrogen) atoms. The van der Waals surface area contributed by atoms with Crippen LogP contribution in [0.5, 0.6) is 5.75 Å². The van der Waals surface area contributed by atoms with Crippen LogP contribution in [-0.2, 0) is 13.5 Å². The fourth-order valence-corrected chi connectivity index (χ4v) is 4.96. The lowest BCUT2D eigenvalue weighted by atomic mass is 9.95. The van der Waals surface area contributed by atoms with Crippen LogP contribution in [0.1, 0.15) is 22.8 Å². The molecule has 0 saturated heterocycles. The molecule has 1 aromatic heterocycles. The number of aromatic nitrogens is 1. The summed E-state index contributed by atoms with van der Waals surface area (Å²) < 4.78 is 2.98. The summed E-state index contributed by atoms with van der Waals surface area (Å²) >= 11 is 2.26. The minimum atomic E-state index is -1.13. The Morgan fingerprint density at radius 1 is 1.03 bits per heavy atom. The molecule has 3 aromatic carbocycles. The molecule has 0 amide bonds. The van der Waals surface area contributed by atoms with E-state index in [4.69, 9.17) is 0 Å². The molecular formula is C24H20INO3. The number of carboxylic acid groups (broad SMARTS) is 1. The van der Waals surface area contributed by atoms with Gasteiger partial charge in [0.2, 0.25) is 0 Å². The van der Waals surface area contributed by atoms with E-state index >= 15 is 0 Å². The summed E-state index contributed by atoms with van der Waals surface area (Å²) in [5.41, 5.74) is 6.47. The molecule has 0 saturated carbocycles. The summed E-state index contributed by atoms with van der Waals surface area (Å²) in [4.78, 5) is 11.4. The molecule has 0 unspecified atom stereocenters. The van der Waals surface area contributed by atoms with E-state index in [2.05, 4.69) is 59.8 Å². The maximum atomic E-state index is 11.4. The number of nitrogens with zero attached hydrogens (tertiary/aromatic N) is 1. The third kappa shape index (κ3) is 3.29. The number of carbonyl (C=O) groups is 1. The average molecular weight is 497 g/mol. The fraction of sp³-hybridized carbons (Fsp3) is 0.125. The molecule has 146 valence electrons. The van der Waals surface area contributed by atoms with Crippen molar-refractivity contribution in [2.24, 2.45) is 7.05 Å². The normalized spacial score (nSPS) is 11.1. The SMILES string of the molecule is CCc1cc(-c2c(I)c3cc(C(=O)O)c(O)cc3n2C)ccc1-c1ccccc1. The van der Waals surface area contributed by atoms with Crippen molar-refractivity contribution < 1.29 is 15.0 Å². The topological polar surface area (TPSA) is 62.5 Å². The van der Waals surface area contributed by atoms with Crippen LogP contribution in [-0.4, -0.2) is 20.7 Å². The molecule has 5 heteroatoms. The summed E-state index contributed by atoms with van der Waals surface area (Å²) in [7, 11) is 1.94. The molecule has 0 aliphatic carbocycles. The first-order valence-electron chi connectivity index (χ1n) is 9.35. The minimum absolute atomic E-state index is 0.0822. The van der Waals surface area contributed by atoms with Gasteiger partial charge in [-0.3, -0.25) is 0 Å². The molecule has 1 heterocycles. The monoisotopic (exact) mass is 497 g/mol. The van der Waals surface area contributed by atoms with Gasteiger partial charge in [-0.2, -0.15) is 0 Å². The van der Waals surface area contributed by atoms with Crippen LogP contribution in [0.25, 0.3) is 33.3 Å². The van der Waals surface area contributed by atoms with Gasteiger partial charge in [-0.15, -0.1) is 0 Å². The summed E-state index contributed by atoms with van der Waals surface area (Å²) in [5, 5.41) is 20.3. The number of aryl methyl sites for hydroxylation is 2. The van der Waals surface area contributed by atoms with Crippen molar-refractivity contribution in [3.8, 4) is 28.1 Å². The highest BCUT2D eigenvalue weighted by atomic mass is 127. The largest absolute Gasteiger partial charge is 0.507 e. The first-order valence-corrected chi connectivity index (χ1v) is 10.4. The van der Waals surface area contributed by atoms with E-state index in [9.17, 15) is 15.0 Å². The first-order chi connectivity index (χ1) is 13.9. The van der Waals surface area contributed by atoms with Crippen molar-refractivity contribution >= 4 is 39.5 Å². The Balaban J connectivity index is 1.92. The highest BCUT2D eigenvalue weighted by molar-refractivity contribution is 14.1. The molecule has 4 nitrogen and oxygen atoms in total. The van der Waals surface area contributed by atoms with Crippen LogP contribution in [0.15, 0.2) is 60.7 Å². The smallest absolute Gasteiger partial charge is 0.339 e. The summed E-state index contributed by atoms with van der Waals surface area (Å²) in [5.74, 6) is -1.35. The lowest BCUT2D eigenvalue weighted by molar-refractivity contribution is 0.0694. The Kier molecular flexibility index (Phi) is 5.08. The number of rotatable bonds is 4. The predicted octanol–water partition coefficient (Wildman–Crippen LogP) is 6.08. The van der Waals surface area contributed by atoms with Gasteiger partial charge >= 0.3 is 5.97 Å². The van der Waals surface area contributed by atoms with Gasteiger partial charge in [0.05, 0.1) is 11.2 Å². The molecule has 0 aliphatic heterocycles. The van der Waals surface area contributed by atoms with Gasteiger partial charge in [0.1, 0.15) is 11.3 Å². The Morgan fingerprint density at radius 2 is 1.76 bits per heavy atom. The van der Waals surface area contributed by atoms with Gasteiger partial charge < -0.3 is 14.8 Å². The zero-order valence-corrected chi connectivity index (χ0v) is 18.3. The van der Waals surface area contributed by atoms with E-state index < -0.39 is 5.97 Å². The molecule has 0 spiro atoms. The van der Waals surface area contributed by atoms with Crippen LogP contribution in [0.2, 0.25) is 0 Å². The third-order valence-electron chi connectivity index (χ3n) is 5.33. The molecule has 0 aliphatic rings. The second kappa shape index (κ2) is 7.55. The lowest BCUT2D eigenvalue weighted by Crippen LogP contribution is -1.97. The van der Waals surface area contributed by atoms with Crippen molar-refractivity contribution in [2.75, 3.05) is 0 Å². The quantitative estimate of drug-likeness (QED) is 0.336. The zero-order valence-electron chi connectivity index (χ0n) is 16.1. The van der Waals surface area contributed by atoms with Gasteiger partial charge in [0.25, 0.3) is 0 Å². The highest BCUT2D eigenvalue weighted by Gasteiger charge is 2.20. The minimum Gasteiger partial charge on any atom is -0.507 e. The van der Waals surface area contributed by atoms with Crippen molar-refractivity contribution in [2.45, 2.75) is 13.3 Å². The lowest BCUT2D eigenvalue weighted by Gasteiger charge is -2.12. The number of benzene rings is 3. The standard InChI is InChI=1S/C24H20INO3/c1-3-14-11-16(9-10-17(14)15-7-5-4-6-8-15)23-22(25)18-12-19(24(28)29)21(27)13-20(18)26(23)2/h4-13,27H,3H2,1-2H3,(H,28,29). The van der Waals surface area contributed by atoms with Gasteiger partial charge in [-0.1, -0.05) is 49.4 Å². The number of hydrogen-bond acceptors (Lipinski definition) is 2. The molecule has 4 rings (SSSR count). The molecule has 4 aromatic rings. The Labute approximate surface area is 182 Å². The second-order valence-electron chi connectivity index (χ2n) is 7.00. The van der Waals surface area contributed by atoms with E-state index in [1.165, 1.54) is 22.8 Å². The predicted molar refractivity (Wildman–Crippen MR) is 125 cm³/mol. The Morgan fingerprint density at radius 3 is 2.41 bits per heavy atom.